The first-order valence-corrected chi connectivity index (χ1v) is 7.81. The average Bonchev–Trinajstić information content (AvgIpc) is 2.57. The van der Waals surface area contributed by atoms with Crippen molar-refractivity contribution in [3.05, 3.63) is 89.2 Å². The van der Waals surface area contributed by atoms with E-state index in [0.717, 1.165) is 11.1 Å². The standard InChI is InChI=1S/C20H18ClN/c1-14-7-8-15(2)19(13-14)17-5-3-4-6-18(17)20(21)16-9-11-22-12-10-16/h3-13,20H,1-2H3. The molecule has 3 rings (SSSR count). The molecule has 0 fully saturated rings. The van der Waals surface area contributed by atoms with Crippen LogP contribution in [0.5, 0.6) is 0 Å². The Morgan fingerprint density at radius 1 is 0.864 bits per heavy atom. The second kappa shape index (κ2) is 6.33. The number of hydrogen-bond donors (Lipinski definition) is 0. The largest absolute Gasteiger partial charge is 0.265 e. The molecule has 0 aliphatic heterocycles. The van der Waals surface area contributed by atoms with Crippen molar-refractivity contribution in [2.45, 2.75) is 19.2 Å². The number of hydrogen-bond acceptors (Lipinski definition) is 1. The SMILES string of the molecule is Cc1ccc(C)c(-c2ccccc2C(Cl)c2ccncc2)c1. The molecule has 0 saturated heterocycles. The van der Waals surface area contributed by atoms with E-state index in [1.54, 1.807) is 12.4 Å². The molecule has 0 bridgehead atoms. The lowest BCUT2D eigenvalue weighted by Crippen LogP contribution is -1.97. The summed E-state index contributed by atoms with van der Waals surface area (Å²) in [7, 11) is 0. The minimum absolute atomic E-state index is 0.181. The molecule has 0 N–H and O–H groups in total. The van der Waals surface area contributed by atoms with E-state index < -0.39 is 0 Å². The van der Waals surface area contributed by atoms with E-state index in [-0.39, 0.29) is 5.38 Å². The van der Waals surface area contributed by atoms with E-state index in [0.29, 0.717) is 0 Å². The molecule has 2 aromatic carbocycles. The van der Waals surface area contributed by atoms with Gasteiger partial charge in [0, 0.05) is 12.4 Å². The number of rotatable bonds is 3. The van der Waals surface area contributed by atoms with Crippen LogP contribution in [0.3, 0.4) is 0 Å². The quantitative estimate of drug-likeness (QED) is 0.566. The summed E-state index contributed by atoms with van der Waals surface area (Å²) in [6.07, 6.45) is 3.57. The van der Waals surface area contributed by atoms with E-state index in [1.165, 1.54) is 22.3 Å². The molecule has 0 aliphatic rings. The van der Waals surface area contributed by atoms with Crippen molar-refractivity contribution in [2.24, 2.45) is 0 Å². The van der Waals surface area contributed by atoms with Gasteiger partial charge in [-0.3, -0.25) is 4.98 Å². The highest BCUT2D eigenvalue weighted by Crippen LogP contribution is 2.37. The van der Waals surface area contributed by atoms with E-state index in [2.05, 4.69) is 55.2 Å². The van der Waals surface area contributed by atoms with Gasteiger partial charge < -0.3 is 0 Å². The zero-order valence-corrected chi connectivity index (χ0v) is 13.5. The number of halogens is 1. The van der Waals surface area contributed by atoms with Gasteiger partial charge in [0.2, 0.25) is 0 Å². The molecule has 0 aliphatic carbocycles. The number of alkyl halides is 1. The second-order valence-electron chi connectivity index (χ2n) is 5.55. The predicted octanol–water partition coefficient (Wildman–Crippen LogP) is 5.69. The van der Waals surface area contributed by atoms with Gasteiger partial charge in [0.25, 0.3) is 0 Å². The van der Waals surface area contributed by atoms with Gasteiger partial charge in [-0.2, -0.15) is 0 Å². The fourth-order valence-electron chi connectivity index (χ4n) is 2.70. The number of benzene rings is 2. The maximum absolute atomic E-state index is 6.75. The summed E-state index contributed by atoms with van der Waals surface area (Å²) >= 11 is 6.75. The van der Waals surface area contributed by atoms with Crippen molar-refractivity contribution >= 4 is 11.6 Å². The van der Waals surface area contributed by atoms with Gasteiger partial charge >= 0.3 is 0 Å². The summed E-state index contributed by atoms with van der Waals surface area (Å²) in [6, 6.07) is 18.8. The van der Waals surface area contributed by atoms with Crippen molar-refractivity contribution in [1.82, 2.24) is 4.98 Å². The maximum Gasteiger partial charge on any atom is 0.0842 e. The van der Waals surface area contributed by atoms with Gasteiger partial charge in [-0.15, -0.1) is 11.6 Å². The van der Waals surface area contributed by atoms with Gasteiger partial charge in [0.15, 0.2) is 0 Å². The number of aryl methyl sites for hydroxylation is 2. The predicted molar refractivity (Wildman–Crippen MR) is 93.3 cm³/mol. The minimum Gasteiger partial charge on any atom is -0.265 e. The summed E-state index contributed by atoms with van der Waals surface area (Å²) in [5, 5.41) is -0.181. The van der Waals surface area contributed by atoms with Crippen LogP contribution in [0, 0.1) is 13.8 Å². The minimum atomic E-state index is -0.181. The van der Waals surface area contributed by atoms with Crippen LogP contribution in [0.4, 0.5) is 0 Å². The molecule has 22 heavy (non-hydrogen) atoms. The molecule has 0 radical (unpaired) electrons. The zero-order valence-electron chi connectivity index (χ0n) is 12.8. The van der Waals surface area contributed by atoms with Gasteiger partial charge in [-0.25, -0.2) is 0 Å². The third-order valence-electron chi connectivity index (χ3n) is 3.92. The summed E-state index contributed by atoms with van der Waals surface area (Å²) in [5.74, 6) is 0. The Hall–Kier alpha value is -2.12. The first-order valence-electron chi connectivity index (χ1n) is 7.37. The van der Waals surface area contributed by atoms with Crippen LogP contribution in [0.2, 0.25) is 0 Å². The third-order valence-corrected chi connectivity index (χ3v) is 4.40. The Morgan fingerprint density at radius 2 is 1.59 bits per heavy atom. The van der Waals surface area contributed by atoms with Crippen LogP contribution in [0.25, 0.3) is 11.1 Å². The average molecular weight is 308 g/mol. The summed E-state index contributed by atoms with van der Waals surface area (Å²) in [6.45, 7) is 4.26. The van der Waals surface area contributed by atoms with Crippen molar-refractivity contribution in [3.63, 3.8) is 0 Å². The number of nitrogens with zero attached hydrogens (tertiary/aromatic N) is 1. The van der Waals surface area contributed by atoms with Crippen LogP contribution in [0.15, 0.2) is 67.0 Å². The lowest BCUT2D eigenvalue weighted by molar-refractivity contribution is 1.12. The molecule has 3 aromatic rings. The highest BCUT2D eigenvalue weighted by atomic mass is 35.5. The van der Waals surface area contributed by atoms with E-state index >= 15 is 0 Å². The maximum atomic E-state index is 6.75. The fraction of sp³-hybridized carbons (Fsp3) is 0.150. The zero-order chi connectivity index (χ0) is 15.5. The van der Waals surface area contributed by atoms with Crippen LogP contribution >= 0.6 is 11.6 Å². The third kappa shape index (κ3) is 2.90. The molecule has 110 valence electrons. The molecule has 0 amide bonds. The lowest BCUT2D eigenvalue weighted by Gasteiger charge is -2.17. The van der Waals surface area contributed by atoms with Crippen molar-refractivity contribution < 1.29 is 0 Å². The molecule has 1 aromatic heterocycles. The smallest absolute Gasteiger partial charge is 0.0842 e. The monoisotopic (exact) mass is 307 g/mol. The molecule has 0 spiro atoms. The Kier molecular flexibility index (Phi) is 4.26. The van der Waals surface area contributed by atoms with Gasteiger partial charge in [-0.05, 0) is 53.8 Å². The molecule has 2 heteroatoms. The Morgan fingerprint density at radius 3 is 2.36 bits per heavy atom. The normalized spacial score (nSPS) is 12.1. The molecule has 1 nitrogen and oxygen atoms in total. The Balaban J connectivity index is 2.13. The molecule has 1 unspecified atom stereocenters. The number of pyridine rings is 1. The lowest BCUT2D eigenvalue weighted by atomic mass is 9.91. The van der Waals surface area contributed by atoms with E-state index in [4.69, 9.17) is 11.6 Å². The summed E-state index contributed by atoms with van der Waals surface area (Å²) in [5.41, 5.74) is 7.15. The van der Waals surface area contributed by atoms with Crippen molar-refractivity contribution in [2.75, 3.05) is 0 Å². The van der Waals surface area contributed by atoms with E-state index in [9.17, 15) is 0 Å². The summed E-state index contributed by atoms with van der Waals surface area (Å²) in [4.78, 5) is 4.07. The highest BCUT2D eigenvalue weighted by molar-refractivity contribution is 6.23. The van der Waals surface area contributed by atoms with E-state index in [1.807, 2.05) is 18.2 Å². The number of aromatic nitrogens is 1. The molecule has 1 heterocycles. The Bertz CT molecular complexity index is 781. The van der Waals surface area contributed by atoms with Crippen molar-refractivity contribution in [1.29, 1.82) is 0 Å². The molecular formula is C20H18ClN. The topological polar surface area (TPSA) is 12.9 Å². The Labute approximate surface area is 136 Å². The van der Waals surface area contributed by atoms with Gasteiger partial charge in [0.05, 0.1) is 5.38 Å². The van der Waals surface area contributed by atoms with Crippen LogP contribution < -0.4 is 0 Å². The molecule has 0 saturated carbocycles. The van der Waals surface area contributed by atoms with Crippen LogP contribution in [-0.2, 0) is 0 Å². The van der Waals surface area contributed by atoms with Gasteiger partial charge in [0.1, 0.15) is 0 Å². The van der Waals surface area contributed by atoms with Crippen molar-refractivity contribution in [3.8, 4) is 11.1 Å². The second-order valence-corrected chi connectivity index (χ2v) is 5.99. The fourth-order valence-corrected chi connectivity index (χ4v) is 3.04. The first kappa shape index (κ1) is 14.8. The first-order chi connectivity index (χ1) is 10.7. The highest BCUT2D eigenvalue weighted by Gasteiger charge is 2.16. The van der Waals surface area contributed by atoms with Crippen LogP contribution in [-0.4, -0.2) is 4.98 Å². The molecular weight excluding hydrogens is 290 g/mol. The van der Waals surface area contributed by atoms with Crippen LogP contribution in [0.1, 0.15) is 27.6 Å². The molecule has 1 atom stereocenters. The van der Waals surface area contributed by atoms with Gasteiger partial charge in [-0.1, -0.05) is 48.0 Å². The summed E-state index contributed by atoms with van der Waals surface area (Å²) < 4.78 is 0.